The van der Waals surface area contributed by atoms with Crippen molar-refractivity contribution in [3.05, 3.63) is 29.6 Å². The van der Waals surface area contributed by atoms with Gasteiger partial charge < -0.3 is 4.74 Å². The molecule has 0 N–H and O–H groups in total. The Morgan fingerprint density at radius 2 is 2.24 bits per heavy atom. The molecule has 17 heavy (non-hydrogen) atoms. The average molecular weight is 257 g/mol. The van der Waals surface area contributed by atoms with Gasteiger partial charge in [-0.05, 0) is 36.5 Å². The summed E-state index contributed by atoms with van der Waals surface area (Å²) in [6.07, 6.45) is 1.89. The summed E-state index contributed by atoms with van der Waals surface area (Å²) in [5.74, 6) is 2.30. The van der Waals surface area contributed by atoms with E-state index in [1.807, 2.05) is 0 Å². The van der Waals surface area contributed by atoms with Crippen LogP contribution in [0.5, 0.6) is 5.75 Å². The highest BCUT2D eigenvalue weighted by Gasteiger charge is 2.26. The van der Waals surface area contributed by atoms with Gasteiger partial charge in [0.05, 0.1) is 0 Å². The number of rotatable bonds is 4. The summed E-state index contributed by atoms with van der Waals surface area (Å²) in [5, 5.41) is 0. The molecule has 0 saturated carbocycles. The molecule has 1 aliphatic heterocycles. The van der Waals surface area contributed by atoms with Gasteiger partial charge in [-0.1, -0.05) is 13.8 Å². The minimum atomic E-state index is -0.189. The van der Waals surface area contributed by atoms with Crippen molar-refractivity contribution in [1.82, 2.24) is 0 Å². The van der Waals surface area contributed by atoms with Gasteiger partial charge in [-0.2, -0.15) is 0 Å². The Bertz CT molecular complexity index is 392. The summed E-state index contributed by atoms with van der Waals surface area (Å²) in [7, 11) is 0. The van der Waals surface area contributed by atoms with E-state index in [2.05, 4.69) is 13.8 Å². The lowest BCUT2D eigenvalue weighted by Gasteiger charge is -2.21. The summed E-state index contributed by atoms with van der Waals surface area (Å²) in [4.78, 5) is 0. The highest BCUT2D eigenvalue weighted by molar-refractivity contribution is 6.18. The van der Waals surface area contributed by atoms with E-state index in [-0.39, 0.29) is 11.9 Å². The van der Waals surface area contributed by atoms with Gasteiger partial charge in [0.2, 0.25) is 0 Å². The van der Waals surface area contributed by atoms with Crippen LogP contribution in [0, 0.1) is 17.7 Å². The molecule has 0 fully saturated rings. The van der Waals surface area contributed by atoms with E-state index in [1.165, 1.54) is 6.07 Å². The number of hydrogen-bond acceptors (Lipinski definition) is 1. The minimum absolute atomic E-state index is 0.151. The average Bonchev–Trinajstić information content (AvgIpc) is 2.66. The largest absolute Gasteiger partial charge is 0.490 e. The Morgan fingerprint density at radius 3 is 2.88 bits per heavy atom. The highest BCUT2D eigenvalue weighted by Crippen LogP contribution is 2.33. The normalized spacial score (nSPS) is 20.2. The molecule has 0 spiro atoms. The van der Waals surface area contributed by atoms with Crippen LogP contribution in [-0.2, 0) is 6.42 Å². The van der Waals surface area contributed by atoms with Gasteiger partial charge in [-0.15, -0.1) is 11.6 Å². The molecule has 1 aromatic carbocycles. The SMILES string of the molecule is CC(C)C(CCl)CC1Cc2cc(F)ccc2O1. The molecule has 0 amide bonds. The molecule has 0 bridgehead atoms. The Labute approximate surface area is 107 Å². The predicted molar refractivity (Wildman–Crippen MR) is 68.2 cm³/mol. The highest BCUT2D eigenvalue weighted by atomic mass is 35.5. The van der Waals surface area contributed by atoms with E-state index < -0.39 is 0 Å². The maximum Gasteiger partial charge on any atom is 0.123 e. The molecule has 94 valence electrons. The van der Waals surface area contributed by atoms with Gasteiger partial charge in [0.1, 0.15) is 17.7 Å². The molecule has 0 aliphatic carbocycles. The molecule has 0 saturated heterocycles. The lowest BCUT2D eigenvalue weighted by molar-refractivity contribution is 0.183. The van der Waals surface area contributed by atoms with E-state index in [4.69, 9.17) is 16.3 Å². The fourth-order valence-electron chi connectivity index (χ4n) is 2.27. The monoisotopic (exact) mass is 256 g/mol. The third-order valence-electron chi connectivity index (χ3n) is 3.47. The maximum absolute atomic E-state index is 13.1. The number of alkyl halides is 1. The molecule has 0 aromatic heterocycles. The fourth-order valence-corrected chi connectivity index (χ4v) is 2.75. The van der Waals surface area contributed by atoms with Crippen LogP contribution in [0.15, 0.2) is 18.2 Å². The molecular weight excluding hydrogens is 239 g/mol. The van der Waals surface area contributed by atoms with Crippen molar-refractivity contribution in [3.8, 4) is 5.75 Å². The van der Waals surface area contributed by atoms with E-state index in [9.17, 15) is 4.39 Å². The smallest absolute Gasteiger partial charge is 0.123 e. The first-order valence-electron chi connectivity index (χ1n) is 6.11. The van der Waals surface area contributed by atoms with Crippen molar-refractivity contribution in [3.63, 3.8) is 0 Å². The first-order chi connectivity index (χ1) is 8.10. The zero-order valence-electron chi connectivity index (χ0n) is 10.2. The number of hydrogen-bond donors (Lipinski definition) is 0. The van der Waals surface area contributed by atoms with Gasteiger partial charge in [0, 0.05) is 17.9 Å². The van der Waals surface area contributed by atoms with Crippen LogP contribution in [-0.4, -0.2) is 12.0 Å². The molecule has 3 heteroatoms. The predicted octanol–water partition coefficient (Wildman–Crippen LogP) is 4.03. The number of benzene rings is 1. The first-order valence-corrected chi connectivity index (χ1v) is 6.64. The Balaban J connectivity index is 2.00. The van der Waals surface area contributed by atoms with Crippen molar-refractivity contribution in [2.24, 2.45) is 11.8 Å². The van der Waals surface area contributed by atoms with Crippen molar-refractivity contribution in [2.45, 2.75) is 32.8 Å². The lowest BCUT2D eigenvalue weighted by atomic mass is 9.90. The van der Waals surface area contributed by atoms with Gasteiger partial charge in [0.15, 0.2) is 0 Å². The summed E-state index contributed by atoms with van der Waals surface area (Å²) in [6, 6.07) is 4.73. The van der Waals surface area contributed by atoms with Gasteiger partial charge >= 0.3 is 0 Å². The molecule has 1 aromatic rings. The van der Waals surface area contributed by atoms with Crippen LogP contribution in [0.25, 0.3) is 0 Å². The molecule has 1 heterocycles. The van der Waals surface area contributed by atoms with E-state index in [0.717, 1.165) is 24.2 Å². The van der Waals surface area contributed by atoms with E-state index >= 15 is 0 Å². The lowest BCUT2D eigenvalue weighted by Crippen LogP contribution is -2.22. The summed E-state index contributed by atoms with van der Waals surface area (Å²) >= 11 is 5.96. The number of halogens is 2. The summed E-state index contributed by atoms with van der Waals surface area (Å²) in [6.45, 7) is 4.35. The quantitative estimate of drug-likeness (QED) is 0.739. The zero-order chi connectivity index (χ0) is 12.4. The van der Waals surface area contributed by atoms with Crippen LogP contribution in [0.4, 0.5) is 4.39 Å². The fraction of sp³-hybridized carbons (Fsp3) is 0.571. The number of ether oxygens (including phenoxy) is 1. The summed E-state index contributed by atoms with van der Waals surface area (Å²) < 4.78 is 18.9. The molecule has 0 radical (unpaired) electrons. The van der Waals surface area contributed by atoms with Crippen molar-refractivity contribution >= 4 is 11.6 Å². The molecule has 1 nitrogen and oxygen atoms in total. The number of fused-ring (bicyclic) bond motifs is 1. The van der Waals surface area contributed by atoms with E-state index in [0.29, 0.717) is 17.7 Å². The third kappa shape index (κ3) is 2.92. The zero-order valence-corrected chi connectivity index (χ0v) is 11.0. The second-order valence-electron chi connectivity index (χ2n) is 5.09. The molecule has 2 atom stereocenters. The Hall–Kier alpha value is -0.760. The molecular formula is C14H18ClFO. The molecule has 2 rings (SSSR count). The maximum atomic E-state index is 13.1. The molecule has 2 unspecified atom stereocenters. The van der Waals surface area contributed by atoms with Gasteiger partial charge in [-0.25, -0.2) is 4.39 Å². The molecule has 1 aliphatic rings. The topological polar surface area (TPSA) is 9.23 Å². The van der Waals surface area contributed by atoms with Crippen LogP contribution in [0.3, 0.4) is 0 Å². The van der Waals surface area contributed by atoms with Crippen molar-refractivity contribution in [1.29, 1.82) is 0 Å². The standard InChI is InChI=1S/C14H18ClFO/c1-9(2)11(8-15)7-13-6-10-5-12(16)3-4-14(10)17-13/h3-5,9,11,13H,6-8H2,1-2H3. The second kappa shape index (κ2) is 5.26. The van der Waals surface area contributed by atoms with E-state index in [1.54, 1.807) is 12.1 Å². The first kappa shape index (κ1) is 12.7. The van der Waals surface area contributed by atoms with Crippen LogP contribution >= 0.6 is 11.6 Å². The third-order valence-corrected chi connectivity index (χ3v) is 3.87. The van der Waals surface area contributed by atoms with Crippen LogP contribution in [0.2, 0.25) is 0 Å². The minimum Gasteiger partial charge on any atom is -0.490 e. The van der Waals surface area contributed by atoms with Crippen LogP contribution in [0.1, 0.15) is 25.8 Å². The van der Waals surface area contributed by atoms with Crippen molar-refractivity contribution < 1.29 is 9.13 Å². The summed E-state index contributed by atoms with van der Waals surface area (Å²) in [5.41, 5.74) is 0.979. The van der Waals surface area contributed by atoms with Gasteiger partial charge in [0.25, 0.3) is 0 Å². The Morgan fingerprint density at radius 1 is 1.47 bits per heavy atom. The van der Waals surface area contributed by atoms with Gasteiger partial charge in [-0.3, -0.25) is 0 Å². The second-order valence-corrected chi connectivity index (χ2v) is 5.40. The van der Waals surface area contributed by atoms with Crippen molar-refractivity contribution in [2.75, 3.05) is 5.88 Å². The Kier molecular flexibility index (Phi) is 3.93. The van der Waals surface area contributed by atoms with Crippen LogP contribution < -0.4 is 4.74 Å².